The fourth-order valence-corrected chi connectivity index (χ4v) is 4.57. The Balaban J connectivity index is 1.43. The summed E-state index contributed by atoms with van der Waals surface area (Å²) in [5.41, 5.74) is 5.20. The Morgan fingerprint density at radius 1 is 0.674 bits per heavy atom. The van der Waals surface area contributed by atoms with E-state index in [-0.39, 0.29) is 19.6 Å². The van der Waals surface area contributed by atoms with Gasteiger partial charge in [-0.15, -0.1) is 0 Å². The van der Waals surface area contributed by atoms with Crippen LogP contribution in [0.2, 0.25) is 0 Å². The summed E-state index contributed by atoms with van der Waals surface area (Å²) < 4.78 is 10.9. The van der Waals surface area contributed by atoms with E-state index in [0.717, 1.165) is 33.6 Å². The van der Waals surface area contributed by atoms with Crippen LogP contribution in [0.5, 0.6) is 0 Å². The number of pyridine rings is 2. The fourth-order valence-electron chi connectivity index (χ4n) is 4.57. The van der Waals surface area contributed by atoms with Gasteiger partial charge in [0.15, 0.2) is 0 Å². The number of aromatic nitrogens is 2. The molecule has 0 spiro atoms. The smallest absolute Gasteiger partial charge is 0.407 e. The summed E-state index contributed by atoms with van der Waals surface area (Å²) in [5, 5.41) is 17.2. The van der Waals surface area contributed by atoms with Crippen LogP contribution in [0.4, 0.5) is 9.59 Å². The summed E-state index contributed by atoms with van der Waals surface area (Å²) in [6.07, 6.45) is 2.05. The van der Waals surface area contributed by atoms with Gasteiger partial charge in [-0.25, -0.2) is 9.59 Å². The van der Waals surface area contributed by atoms with Crippen LogP contribution < -0.4 is 10.6 Å². The summed E-state index contributed by atoms with van der Waals surface area (Å²) in [7, 11) is 0. The number of carbonyl (C=O) groups excluding carboxylic acids is 2. The molecule has 2 heterocycles. The van der Waals surface area contributed by atoms with Gasteiger partial charge in [0, 0.05) is 41.0 Å². The maximum atomic E-state index is 12.8. The number of aryl methyl sites for hydroxylation is 2. The van der Waals surface area contributed by atoms with Crippen LogP contribution in [0.25, 0.3) is 0 Å². The summed E-state index contributed by atoms with van der Waals surface area (Å²) in [4.78, 5) is 34.1. The fraction of sp³-hybridized carbons (Fsp3) is 0.294. The lowest BCUT2D eigenvalue weighted by Crippen LogP contribution is -2.48. The predicted molar refractivity (Wildman–Crippen MR) is 163 cm³/mol. The third kappa shape index (κ3) is 10.9. The van der Waals surface area contributed by atoms with Crippen molar-refractivity contribution in [1.29, 1.82) is 0 Å². The molecule has 4 aromatic rings. The third-order valence-corrected chi connectivity index (χ3v) is 6.92. The van der Waals surface area contributed by atoms with E-state index >= 15 is 0 Å². The number of hydrogen-bond acceptors (Lipinski definition) is 7. The van der Waals surface area contributed by atoms with E-state index in [1.54, 1.807) is 12.4 Å². The molecule has 9 heteroatoms. The first kappa shape index (κ1) is 31.2. The Morgan fingerprint density at radius 2 is 1.16 bits per heavy atom. The van der Waals surface area contributed by atoms with Gasteiger partial charge >= 0.3 is 12.2 Å². The quantitative estimate of drug-likeness (QED) is 0.198. The largest absolute Gasteiger partial charge is 0.445 e. The minimum Gasteiger partial charge on any atom is -0.445 e. The second kappa shape index (κ2) is 16.0. The first-order chi connectivity index (χ1) is 20.8. The molecule has 2 amide bonds. The molecule has 2 aromatic carbocycles. The molecular formula is C34H38N4O5. The Morgan fingerprint density at radius 3 is 1.65 bits per heavy atom. The summed E-state index contributed by atoms with van der Waals surface area (Å²) >= 11 is 0. The van der Waals surface area contributed by atoms with Crippen LogP contribution in [0.1, 0.15) is 40.1 Å². The number of alkyl carbamates (subject to hydrolysis) is 2. The maximum absolute atomic E-state index is 12.8. The molecule has 2 aromatic heterocycles. The Kier molecular flexibility index (Phi) is 11.6. The number of carbonyl (C=O) groups is 2. The standard InChI is InChI=1S/C34H38N4O5/c1-24-13-15-28(20-35-24)22-42-33(40)37-30(17-26-9-5-3-6-10-26)19-32(39)31(18-27-11-7-4-8-12-27)38-34(41)43-23-29-16-14-25(2)36-21-29/h3-16,20-21,30-32,39H,17-19,22-23H2,1-2H3,(H,37,40)(H,38,41)/t30-,31-,32-/m0/s1. The normalized spacial score (nSPS) is 12.9. The molecule has 224 valence electrons. The topological polar surface area (TPSA) is 123 Å². The molecule has 9 nitrogen and oxygen atoms in total. The van der Waals surface area contributed by atoms with Gasteiger partial charge < -0.3 is 25.2 Å². The molecule has 0 saturated carbocycles. The molecule has 0 fully saturated rings. The average molecular weight is 583 g/mol. The van der Waals surface area contributed by atoms with Crippen LogP contribution in [0, 0.1) is 13.8 Å². The second-order valence-corrected chi connectivity index (χ2v) is 10.5. The van der Waals surface area contributed by atoms with Crippen LogP contribution in [0.15, 0.2) is 97.3 Å². The van der Waals surface area contributed by atoms with Crippen molar-refractivity contribution in [1.82, 2.24) is 20.6 Å². The molecular weight excluding hydrogens is 544 g/mol. The van der Waals surface area contributed by atoms with Gasteiger partial charge in [0.1, 0.15) is 13.2 Å². The zero-order chi connectivity index (χ0) is 30.4. The van der Waals surface area contributed by atoms with Crippen molar-refractivity contribution in [2.75, 3.05) is 0 Å². The number of aliphatic hydroxyl groups excluding tert-OH is 1. The lowest BCUT2D eigenvalue weighted by atomic mass is 9.94. The molecule has 0 aliphatic rings. The van der Waals surface area contributed by atoms with Crippen molar-refractivity contribution in [2.24, 2.45) is 0 Å². The monoisotopic (exact) mass is 582 g/mol. The molecule has 3 N–H and O–H groups in total. The molecule has 3 atom stereocenters. The molecule has 0 saturated heterocycles. The van der Waals surface area contributed by atoms with E-state index in [0.29, 0.717) is 12.8 Å². The molecule has 0 aliphatic heterocycles. The van der Waals surface area contributed by atoms with E-state index in [1.165, 1.54) is 0 Å². The van der Waals surface area contributed by atoms with Gasteiger partial charge in [0.2, 0.25) is 0 Å². The maximum Gasteiger partial charge on any atom is 0.407 e. The third-order valence-electron chi connectivity index (χ3n) is 6.92. The van der Waals surface area contributed by atoms with Crippen molar-refractivity contribution in [3.63, 3.8) is 0 Å². The van der Waals surface area contributed by atoms with Crippen molar-refractivity contribution in [2.45, 2.75) is 64.5 Å². The van der Waals surface area contributed by atoms with Crippen molar-refractivity contribution in [3.8, 4) is 0 Å². The Hall–Kier alpha value is -4.76. The van der Waals surface area contributed by atoms with Gasteiger partial charge in [0.25, 0.3) is 0 Å². The number of nitrogens with zero attached hydrogens (tertiary/aromatic N) is 2. The SMILES string of the molecule is Cc1ccc(COC(=O)N[C@@H](Cc2ccccc2)C[C@H](O)[C@H](Cc2ccccc2)NC(=O)OCc2ccc(C)nc2)cn1. The van der Waals surface area contributed by atoms with E-state index in [1.807, 2.05) is 98.8 Å². The zero-order valence-corrected chi connectivity index (χ0v) is 24.5. The Bertz CT molecular complexity index is 1420. The second-order valence-electron chi connectivity index (χ2n) is 10.5. The van der Waals surface area contributed by atoms with E-state index in [4.69, 9.17) is 9.47 Å². The Labute approximate surface area is 252 Å². The predicted octanol–water partition coefficient (Wildman–Crippen LogP) is 5.22. The minimum atomic E-state index is -1.01. The highest BCUT2D eigenvalue weighted by atomic mass is 16.6. The highest BCUT2D eigenvalue weighted by Crippen LogP contribution is 2.15. The minimum absolute atomic E-state index is 0.0494. The number of benzene rings is 2. The number of nitrogens with one attached hydrogen (secondary N) is 2. The van der Waals surface area contributed by atoms with Crippen LogP contribution in [-0.2, 0) is 35.5 Å². The van der Waals surface area contributed by atoms with Crippen LogP contribution in [0.3, 0.4) is 0 Å². The van der Waals surface area contributed by atoms with Gasteiger partial charge in [-0.3, -0.25) is 9.97 Å². The summed E-state index contributed by atoms with van der Waals surface area (Å²) in [5.74, 6) is 0. The number of ether oxygens (including phenoxy) is 2. The number of amides is 2. The molecule has 4 rings (SSSR count). The van der Waals surface area contributed by atoms with E-state index in [2.05, 4.69) is 20.6 Å². The average Bonchev–Trinajstić information content (AvgIpc) is 3.01. The molecule has 43 heavy (non-hydrogen) atoms. The number of aliphatic hydroxyl groups is 1. The van der Waals surface area contributed by atoms with Crippen LogP contribution >= 0.6 is 0 Å². The van der Waals surface area contributed by atoms with E-state index in [9.17, 15) is 14.7 Å². The van der Waals surface area contributed by atoms with Gasteiger partial charge in [-0.1, -0.05) is 72.8 Å². The summed E-state index contributed by atoms with van der Waals surface area (Å²) in [6.45, 7) is 3.89. The molecule has 0 bridgehead atoms. The lowest BCUT2D eigenvalue weighted by molar-refractivity contribution is 0.0860. The first-order valence-corrected chi connectivity index (χ1v) is 14.3. The molecule has 0 unspecified atom stereocenters. The molecule has 0 radical (unpaired) electrons. The zero-order valence-electron chi connectivity index (χ0n) is 24.5. The first-order valence-electron chi connectivity index (χ1n) is 14.3. The molecule has 0 aliphatic carbocycles. The van der Waals surface area contributed by atoms with E-state index < -0.39 is 30.4 Å². The van der Waals surface area contributed by atoms with Crippen molar-refractivity contribution >= 4 is 12.2 Å². The van der Waals surface area contributed by atoms with Gasteiger partial charge in [-0.05, 0) is 56.4 Å². The van der Waals surface area contributed by atoms with Gasteiger partial charge in [-0.2, -0.15) is 0 Å². The summed E-state index contributed by atoms with van der Waals surface area (Å²) in [6, 6.07) is 25.5. The highest BCUT2D eigenvalue weighted by Gasteiger charge is 2.27. The highest BCUT2D eigenvalue weighted by molar-refractivity contribution is 5.68. The van der Waals surface area contributed by atoms with Crippen molar-refractivity contribution in [3.05, 3.63) is 131 Å². The lowest BCUT2D eigenvalue weighted by Gasteiger charge is -2.28. The van der Waals surface area contributed by atoms with Crippen LogP contribution in [-0.4, -0.2) is 45.4 Å². The number of rotatable bonds is 13. The number of hydrogen-bond donors (Lipinski definition) is 3. The van der Waals surface area contributed by atoms with Gasteiger partial charge in [0.05, 0.1) is 12.1 Å². The van der Waals surface area contributed by atoms with Crippen molar-refractivity contribution < 1.29 is 24.2 Å².